The van der Waals surface area contributed by atoms with Gasteiger partial charge in [0.15, 0.2) is 0 Å². The zero-order chi connectivity index (χ0) is 29.2. The lowest BCUT2D eigenvalue weighted by molar-refractivity contribution is -0.117. The SMILES string of the molecule is CN(C)c1ccc(/C=C(/NC(=O)c2ccccc2Cl)C(=O)N/N=C/c2cc(Br)ccc2OCc2ccccc2)cc1. The summed E-state index contributed by atoms with van der Waals surface area (Å²) >= 11 is 9.68. The van der Waals surface area contributed by atoms with Gasteiger partial charge in [0.2, 0.25) is 0 Å². The fourth-order valence-electron chi connectivity index (χ4n) is 3.74. The van der Waals surface area contributed by atoms with Crippen molar-refractivity contribution in [3.8, 4) is 5.75 Å². The molecule has 4 aromatic rings. The van der Waals surface area contributed by atoms with Gasteiger partial charge in [0.1, 0.15) is 18.1 Å². The fourth-order valence-corrected chi connectivity index (χ4v) is 4.34. The summed E-state index contributed by atoms with van der Waals surface area (Å²) in [5.41, 5.74) is 6.14. The van der Waals surface area contributed by atoms with Crippen molar-refractivity contribution < 1.29 is 14.3 Å². The monoisotopic (exact) mass is 630 g/mol. The molecule has 9 heteroatoms. The van der Waals surface area contributed by atoms with E-state index in [2.05, 4.69) is 31.8 Å². The number of benzene rings is 4. The normalized spacial score (nSPS) is 11.3. The smallest absolute Gasteiger partial charge is 0.287 e. The second-order valence-corrected chi connectivity index (χ2v) is 10.5. The number of nitrogens with zero attached hydrogens (tertiary/aromatic N) is 2. The summed E-state index contributed by atoms with van der Waals surface area (Å²) < 4.78 is 6.82. The van der Waals surface area contributed by atoms with Crippen molar-refractivity contribution in [1.29, 1.82) is 0 Å². The molecule has 0 aliphatic carbocycles. The molecule has 0 spiro atoms. The van der Waals surface area contributed by atoms with Crippen molar-refractivity contribution in [2.24, 2.45) is 5.10 Å². The number of hydrazone groups is 1. The number of carbonyl (C=O) groups excluding carboxylic acids is 2. The van der Waals surface area contributed by atoms with Gasteiger partial charge in [-0.3, -0.25) is 9.59 Å². The molecule has 0 aromatic heterocycles. The second kappa shape index (κ2) is 14.3. The minimum absolute atomic E-state index is 0.000494. The maximum Gasteiger partial charge on any atom is 0.287 e. The van der Waals surface area contributed by atoms with Gasteiger partial charge in [-0.05, 0) is 59.7 Å². The first-order valence-electron chi connectivity index (χ1n) is 12.6. The van der Waals surface area contributed by atoms with Crippen LogP contribution in [-0.2, 0) is 11.4 Å². The molecule has 208 valence electrons. The Morgan fingerprint density at radius 2 is 1.66 bits per heavy atom. The molecule has 0 saturated heterocycles. The number of nitrogens with one attached hydrogen (secondary N) is 2. The predicted octanol–water partition coefficient (Wildman–Crippen LogP) is 6.67. The Bertz CT molecular complexity index is 1570. The lowest BCUT2D eigenvalue weighted by atomic mass is 10.1. The van der Waals surface area contributed by atoms with E-state index in [1.54, 1.807) is 30.3 Å². The highest BCUT2D eigenvalue weighted by Crippen LogP contribution is 2.23. The molecular weight excluding hydrogens is 604 g/mol. The predicted molar refractivity (Wildman–Crippen MR) is 168 cm³/mol. The largest absolute Gasteiger partial charge is 0.488 e. The summed E-state index contributed by atoms with van der Waals surface area (Å²) in [7, 11) is 3.88. The van der Waals surface area contributed by atoms with Crippen molar-refractivity contribution in [3.63, 3.8) is 0 Å². The maximum absolute atomic E-state index is 13.2. The molecule has 2 amide bonds. The molecule has 0 unspecified atom stereocenters. The Labute approximate surface area is 252 Å². The second-order valence-electron chi connectivity index (χ2n) is 9.13. The van der Waals surface area contributed by atoms with E-state index in [1.807, 2.05) is 91.8 Å². The third-order valence-corrected chi connectivity index (χ3v) is 6.73. The highest BCUT2D eigenvalue weighted by Gasteiger charge is 2.16. The lowest BCUT2D eigenvalue weighted by Crippen LogP contribution is -2.33. The number of halogens is 2. The summed E-state index contributed by atoms with van der Waals surface area (Å²) in [6.45, 7) is 0.378. The number of hydrogen-bond acceptors (Lipinski definition) is 5. The van der Waals surface area contributed by atoms with Crippen LogP contribution in [0.3, 0.4) is 0 Å². The minimum atomic E-state index is -0.611. The van der Waals surface area contributed by atoms with E-state index < -0.39 is 11.8 Å². The molecule has 0 atom stereocenters. The van der Waals surface area contributed by atoms with Crippen LogP contribution in [0.25, 0.3) is 6.08 Å². The van der Waals surface area contributed by atoms with Gasteiger partial charge in [-0.1, -0.05) is 82.1 Å². The van der Waals surface area contributed by atoms with Crippen LogP contribution in [0, 0.1) is 0 Å². The van der Waals surface area contributed by atoms with Crippen LogP contribution >= 0.6 is 27.5 Å². The average molecular weight is 632 g/mol. The maximum atomic E-state index is 13.2. The molecule has 7 nitrogen and oxygen atoms in total. The van der Waals surface area contributed by atoms with Crippen LogP contribution in [0.5, 0.6) is 5.75 Å². The molecule has 4 rings (SSSR count). The van der Waals surface area contributed by atoms with Crippen molar-refractivity contribution >= 4 is 57.3 Å². The van der Waals surface area contributed by atoms with Crippen molar-refractivity contribution in [2.45, 2.75) is 6.61 Å². The zero-order valence-corrected chi connectivity index (χ0v) is 24.8. The number of hydrogen-bond donors (Lipinski definition) is 2. The van der Waals surface area contributed by atoms with Crippen LogP contribution in [0.2, 0.25) is 5.02 Å². The molecule has 0 aliphatic heterocycles. The molecule has 41 heavy (non-hydrogen) atoms. The topological polar surface area (TPSA) is 83.0 Å². The van der Waals surface area contributed by atoms with Crippen molar-refractivity contribution in [2.75, 3.05) is 19.0 Å². The number of anilines is 1. The Balaban J connectivity index is 1.54. The summed E-state index contributed by atoms with van der Waals surface area (Å²) in [4.78, 5) is 28.2. The molecule has 0 radical (unpaired) electrons. The van der Waals surface area contributed by atoms with E-state index in [0.29, 0.717) is 23.5 Å². The van der Waals surface area contributed by atoms with Gasteiger partial charge in [-0.2, -0.15) is 5.10 Å². The third-order valence-electron chi connectivity index (χ3n) is 5.91. The summed E-state index contributed by atoms with van der Waals surface area (Å²) in [5, 5.41) is 7.10. The van der Waals surface area contributed by atoms with E-state index in [-0.39, 0.29) is 16.3 Å². The van der Waals surface area contributed by atoms with Gasteiger partial charge in [0.25, 0.3) is 11.8 Å². The first-order chi connectivity index (χ1) is 19.8. The number of rotatable bonds is 10. The Morgan fingerprint density at radius 1 is 0.951 bits per heavy atom. The lowest BCUT2D eigenvalue weighted by Gasteiger charge is -2.13. The van der Waals surface area contributed by atoms with Crippen LogP contribution in [0.4, 0.5) is 5.69 Å². The third kappa shape index (κ3) is 8.54. The molecule has 4 aromatic carbocycles. The molecule has 0 heterocycles. The molecular formula is C32H28BrClN4O3. The Kier molecular flexibility index (Phi) is 10.3. The molecule has 0 bridgehead atoms. The summed E-state index contributed by atoms with van der Waals surface area (Å²) in [6, 6.07) is 29.5. The van der Waals surface area contributed by atoms with Gasteiger partial charge >= 0.3 is 0 Å². The summed E-state index contributed by atoms with van der Waals surface area (Å²) in [6.07, 6.45) is 3.06. The quantitative estimate of drug-likeness (QED) is 0.116. The van der Waals surface area contributed by atoms with E-state index >= 15 is 0 Å². The highest BCUT2D eigenvalue weighted by molar-refractivity contribution is 9.10. The van der Waals surface area contributed by atoms with Crippen LogP contribution in [-0.4, -0.2) is 32.1 Å². The molecule has 0 saturated carbocycles. The van der Waals surface area contributed by atoms with E-state index in [9.17, 15) is 9.59 Å². The first kappa shape index (κ1) is 29.6. The average Bonchev–Trinajstić information content (AvgIpc) is 2.97. The number of carbonyl (C=O) groups is 2. The van der Waals surface area contributed by atoms with Gasteiger partial charge in [0, 0.05) is 29.8 Å². The van der Waals surface area contributed by atoms with Crippen LogP contribution in [0.1, 0.15) is 27.0 Å². The number of amides is 2. The summed E-state index contributed by atoms with van der Waals surface area (Å²) in [5.74, 6) is -0.534. The Hall–Kier alpha value is -4.40. The van der Waals surface area contributed by atoms with Crippen molar-refractivity contribution in [1.82, 2.24) is 10.7 Å². The Morgan fingerprint density at radius 3 is 2.37 bits per heavy atom. The highest BCUT2D eigenvalue weighted by atomic mass is 79.9. The standard InChI is InChI=1S/C32H28BrClN4O3/c1-38(2)26-15-12-22(13-16-26)18-29(36-31(39)27-10-6-7-11-28(27)34)32(40)37-35-20-24-19-25(33)14-17-30(24)41-21-23-8-4-3-5-9-23/h3-20H,21H2,1-2H3,(H,36,39)(H,37,40)/b29-18+,35-20+. The zero-order valence-electron chi connectivity index (χ0n) is 22.5. The van der Waals surface area contributed by atoms with Gasteiger partial charge in [-0.15, -0.1) is 0 Å². The van der Waals surface area contributed by atoms with Crippen LogP contribution in [0.15, 0.2) is 112 Å². The fraction of sp³-hybridized carbons (Fsp3) is 0.0938. The van der Waals surface area contributed by atoms with Gasteiger partial charge in [-0.25, -0.2) is 5.43 Å². The first-order valence-corrected chi connectivity index (χ1v) is 13.8. The minimum Gasteiger partial charge on any atom is -0.488 e. The molecule has 0 fully saturated rings. The molecule has 0 aliphatic rings. The van der Waals surface area contributed by atoms with Gasteiger partial charge in [0.05, 0.1) is 16.8 Å². The van der Waals surface area contributed by atoms with E-state index in [0.717, 1.165) is 15.7 Å². The van der Waals surface area contributed by atoms with Crippen LogP contribution < -0.4 is 20.4 Å². The van der Waals surface area contributed by atoms with Crippen molar-refractivity contribution in [3.05, 3.63) is 135 Å². The van der Waals surface area contributed by atoms with E-state index in [4.69, 9.17) is 16.3 Å². The van der Waals surface area contributed by atoms with Gasteiger partial charge < -0.3 is 15.0 Å². The number of ether oxygens (including phenoxy) is 1. The molecule has 2 N–H and O–H groups in total. The van der Waals surface area contributed by atoms with E-state index in [1.165, 1.54) is 6.21 Å².